The zero-order valence-electron chi connectivity index (χ0n) is 9.55. The average molecular weight is 250 g/mol. The Morgan fingerprint density at radius 3 is 2.89 bits per heavy atom. The van der Waals surface area contributed by atoms with Crippen LogP contribution in [0.2, 0.25) is 0 Å². The number of anilines is 1. The Bertz CT molecular complexity index is 565. The fourth-order valence-corrected chi connectivity index (χ4v) is 1.93. The Morgan fingerprint density at radius 2 is 2.28 bits per heavy atom. The highest BCUT2D eigenvalue weighted by Crippen LogP contribution is 2.50. The summed E-state index contributed by atoms with van der Waals surface area (Å²) >= 11 is 0. The number of nitrogen functional groups attached to an aromatic ring is 1. The molecular weight excluding hydrogens is 238 g/mol. The van der Waals surface area contributed by atoms with Gasteiger partial charge in [0.15, 0.2) is 0 Å². The standard InChI is InChI=1S/C12H12F2N4/c13-12(14)5-8(12)4-11-10(15)7-18(17-11)9-2-1-3-16-6-9/h1-3,6-8H,4-5,15H2. The summed E-state index contributed by atoms with van der Waals surface area (Å²) in [6.45, 7) is 0. The highest BCUT2D eigenvalue weighted by atomic mass is 19.3. The number of nitrogens with zero attached hydrogens (tertiary/aromatic N) is 3. The molecule has 1 aliphatic carbocycles. The molecule has 94 valence electrons. The lowest BCUT2D eigenvalue weighted by atomic mass is 10.2. The zero-order valence-corrected chi connectivity index (χ0v) is 9.55. The van der Waals surface area contributed by atoms with Crippen LogP contribution in [0.3, 0.4) is 0 Å². The molecule has 1 saturated carbocycles. The normalized spacial score (nSPS) is 20.9. The van der Waals surface area contributed by atoms with E-state index in [2.05, 4.69) is 10.1 Å². The number of halogens is 2. The molecule has 6 heteroatoms. The summed E-state index contributed by atoms with van der Waals surface area (Å²) in [4.78, 5) is 3.97. The molecule has 0 radical (unpaired) electrons. The second-order valence-corrected chi connectivity index (χ2v) is 4.55. The third kappa shape index (κ3) is 1.94. The van der Waals surface area contributed by atoms with Crippen LogP contribution in [0.4, 0.5) is 14.5 Å². The molecule has 2 heterocycles. The van der Waals surface area contributed by atoms with Crippen LogP contribution in [0.15, 0.2) is 30.7 Å². The van der Waals surface area contributed by atoms with Gasteiger partial charge in [-0.2, -0.15) is 5.10 Å². The van der Waals surface area contributed by atoms with Crippen LogP contribution < -0.4 is 5.73 Å². The van der Waals surface area contributed by atoms with Crippen molar-refractivity contribution in [2.24, 2.45) is 5.92 Å². The fourth-order valence-electron chi connectivity index (χ4n) is 1.93. The van der Waals surface area contributed by atoms with Crippen molar-refractivity contribution in [3.8, 4) is 5.69 Å². The van der Waals surface area contributed by atoms with Crippen molar-refractivity contribution in [2.75, 3.05) is 5.73 Å². The van der Waals surface area contributed by atoms with E-state index in [4.69, 9.17) is 5.73 Å². The van der Waals surface area contributed by atoms with Crippen molar-refractivity contribution >= 4 is 5.69 Å². The van der Waals surface area contributed by atoms with E-state index in [0.29, 0.717) is 11.4 Å². The number of hydrogen-bond acceptors (Lipinski definition) is 3. The van der Waals surface area contributed by atoms with Gasteiger partial charge in [0.2, 0.25) is 0 Å². The Kier molecular flexibility index (Phi) is 2.33. The van der Waals surface area contributed by atoms with Gasteiger partial charge in [0.1, 0.15) is 0 Å². The first-order valence-electron chi connectivity index (χ1n) is 5.68. The number of aromatic nitrogens is 3. The SMILES string of the molecule is Nc1cn(-c2cccnc2)nc1CC1CC1(F)F. The van der Waals surface area contributed by atoms with Gasteiger partial charge in [0, 0.05) is 25.0 Å². The molecular formula is C12H12F2N4. The highest BCUT2D eigenvalue weighted by Gasteiger charge is 2.56. The lowest BCUT2D eigenvalue weighted by Gasteiger charge is -1.99. The Balaban J connectivity index is 1.83. The highest BCUT2D eigenvalue weighted by molar-refractivity contribution is 5.44. The van der Waals surface area contributed by atoms with Crippen LogP contribution >= 0.6 is 0 Å². The van der Waals surface area contributed by atoms with Crippen molar-refractivity contribution in [1.82, 2.24) is 14.8 Å². The molecule has 0 amide bonds. The van der Waals surface area contributed by atoms with E-state index in [0.717, 1.165) is 5.69 Å². The van der Waals surface area contributed by atoms with Crippen molar-refractivity contribution in [3.05, 3.63) is 36.4 Å². The topological polar surface area (TPSA) is 56.7 Å². The van der Waals surface area contributed by atoms with Crippen LogP contribution in [0.25, 0.3) is 5.69 Å². The number of alkyl halides is 2. The summed E-state index contributed by atoms with van der Waals surface area (Å²) in [5.41, 5.74) is 7.53. The summed E-state index contributed by atoms with van der Waals surface area (Å²) in [7, 11) is 0. The van der Waals surface area contributed by atoms with Crippen LogP contribution in [0, 0.1) is 5.92 Å². The third-order valence-electron chi connectivity index (χ3n) is 3.13. The minimum absolute atomic E-state index is 0.0633. The van der Waals surface area contributed by atoms with Gasteiger partial charge in [-0.15, -0.1) is 0 Å². The van der Waals surface area contributed by atoms with Crippen molar-refractivity contribution in [1.29, 1.82) is 0 Å². The van der Waals surface area contributed by atoms with Gasteiger partial charge < -0.3 is 5.73 Å². The summed E-state index contributed by atoms with van der Waals surface area (Å²) < 4.78 is 27.3. The molecule has 4 nitrogen and oxygen atoms in total. The van der Waals surface area contributed by atoms with Gasteiger partial charge in [0.25, 0.3) is 5.92 Å². The van der Waals surface area contributed by atoms with Crippen LogP contribution in [-0.2, 0) is 6.42 Å². The lowest BCUT2D eigenvalue weighted by Crippen LogP contribution is -2.01. The van der Waals surface area contributed by atoms with Gasteiger partial charge >= 0.3 is 0 Å². The Labute approximate surface area is 102 Å². The molecule has 18 heavy (non-hydrogen) atoms. The van der Waals surface area contributed by atoms with E-state index in [9.17, 15) is 8.78 Å². The van der Waals surface area contributed by atoms with Gasteiger partial charge in [-0.1, -0.05) is 0 Å². The largest absolute Gasteiger partial charge is 0.396 e. The van der Waals surface area contributed by atoms with Gasteiger partial charge in [-0.25, -0.2) is 13.5 Å². The molecule has 2 aromatic heterocycles. The summed E-state index contributed by atoms with van der Waals surface area (Å²) in [5.74, 6) is -3.15. The number of rotatable bonds is 3. The minimum atomic E-state index is -2.54. The smallest absolute Gasteiger partial charge is 0.252 e. The molecule has 0 aromatic carbocycles. The molecule has 1 unspecified atom stereocenters. The molecule has 1 aliphatic rings. The van der Waals surface area contributed by atoms with E-state index in [1.54, 1.807) is 29.3 Å². The van der Waals surface area contributed by atoms with Crippen LogP contribution in [0.1, 0.15) is 12.1 Å². The molecule has 2 N–H and O–H groups in total. The first kappa shape index (κ1) is 11.1. The molecule has 1 fully saturated rings. The van der Waals surface area contributed by atoms with E-state index < -0.39 is 11.8 Å². The lowest BCUT2D eigenvalue weighted by molar-refractivity contribution is 0.0987. The van der Waals surface area contributed by atoms with Crippen LogP contribution in [0.5, 0.6) is 0 Å². The molecule has 2 aromatic rings. The monoisotopic (exact) mass is 250 g/mol. The molecule has 0 aliphatic heterocycles. The third-order valence-corrected chi connectivity index (χ3v) is 3.13. The predicted octanol–water partition coefficient (Wildman–Crippen LogP) is 2.05. The predicted molar refractivity (Wildman–Crippen MR) is 62.5 cm³/mol. The molecule has 0 spiro atoms. The average Bonchev–Trinajstić information content (AvgIpc) is 2.78. The molecule has 3 rings (SSSR count). The first-order chi connectivity index (χ1) is 8.56. The number of hydrogen-bond donors (Lipinski definition) is 1. The maximum Gasteiger partial charge on any atom is 0.252 e. The van der Waals surface area contributed by atoms with E-state index in [-0.39, 0.29) is 12.8 Å². The van der Waals surface area contributed by atoms with Gasteiger partial charge in [0.05, 0.1) is 29.5 Å². The molecule has 0 bridgehead atoms. The van der Waals surface area contributed by atoms with Crippen molar-refractivity contribution in [3.63, 3.8) is 0 Å². The molecule has 0 saturated heterocycles. The maximum atomic E-state index is 12.9. The van der Waals surface area contributed by atoms with Crippen molar-refractivity contribution in [2.45, 2.75) is 18.8 Å². The summed E-state index contributed by atoms with van der Waals surface area (Å²) in [6, 6.07) is 3.61. The fraction of sp³-hybridized carbons (Fsp3) is 0.333. The van der Waals surface area contributed by atoms with E-state index in [1.165, 1.54) is 0 Å². The number of pyridine rings is 1. The summed E-state index contributed by atoms with van der Waals surface area (Å²) in [6.07, 6.45) is 5.09. The van der Waals surface area contributed by atoms with Crippen molar-refractivity contribution < 1.29 is 8.78 Å². The van der Waals surface area contributed by atoms with E-state index in [1.807, 2.05) is 6.07 Å². The van der Waals surface area contributed by atoms with Crippen LogP contribution in [-0.4, -0.2) is 20.7 Å². The molecule has 1 atom stereocenters. The Hall–Kier alpha value is -1.98. The first-order valence-corrected chi connectivity index (χ1v) is 5.68. The zero-order chi connectivity index (χ0) is 12.8. The number of nitrogens with two attached hydrogens (primary N) is 1. The minimum Gasteiger partial charge on any atom is -0.396 e. The summed E-state index contributed by atoms with van der Waals surface area (Å²) in [5, 5.41) is 4.24. The maximum absolute atomic E-state index is 12.9. The van der Waals surface area contributed by atoms with Gasteiger partial charge in [-0.3, -0.25) is 4.98 Å². The van der Waals surface area contributed by atoms with E-state index >= 15 is 0 Å². The Morgan fingerprint density at radius 1 is 1.50 bits per heavy atom. The second-order valence-electron chi connectivity index (χ2n) is 4.55. The van der Waals surface area contributed by atoms with Gasteiger partial charge in [-0.05, 0) is 12.1 Å². The second kappa shape index (κ2) is 3.76. The quantitative estimate of drug-likeness (QED) is 0.907.